The number of hydrogen-bond acceptors (Lipinski definition) is 4. The van der Waals surface area contributed by atoms with Gasteiger partial charge in [-0.15, -0.1) is 0 Å². The molecule has 6 N–H and O–H groups in total. The highest BCUT2D eigenvalue weighted by molar-refractivity contribution is 6.01. The van der Waals surface area contributed by atoms with Gasteiger partial charge in [0.25, 0.3) is 0 Å². The summed E-state index contributed by atoms with van der Waals surface area (Å²) in [4.78, 5) is 0. The summed E-state index contributed by atoms with van der Waals surface area (Å²) in [5.41, 5.74) is 10.7. The first-order valence-electron chi connectivity index (χ1n) is 11.3. The highest BCUT2D eigenvalue weighted by Gasteiger charge is 2.16. The maximum Gasteiger partial charge on any atom is 0.126 e. The van der Waals surface area contributed by atoms with Gasteiger partial charge >= 0.3 is 0 Å². The van der Waals surface area contributed by atoms with E-state index >= 15 is 0 Å². The van der Waals surface area contributed by atoms with Crippen LogP contribution in [0, 0.1) is 10.8 Å². The van der Waals surface area contributed by atoms with E-state index in [2.05, 4.69) is 81.9 Å². The van der Waals surface area contributed by atoms with Gasteiger partial charge in [-0.25, -0.2) is 0 Å². The lowest BCUT2D eigenvalue weighted by molar-refractivity contribution is 0.957. The maximum absolute atomic E-state index is 7.89. The molecule has 166 valence electrons. The van der Waals surface area contributed by atoms with Crippen LogP contribution in [0.15, 0.2) is 84.9 Å². The number of fused-ring (bicyclic) bond motifs is 2. The third-order valence-corrected chi connectivity index (χ3v) is 6.34. The van der Waals surface area contributed by atoms with Crippen LogP contribution in [-0.2, 0) is 13.1 Å². The van der Waals surface area contributed by atoms with Crippen molar-refractivity contribution in [1.82, 2.24) is 10.6 Å². The minimum atomic E-state index is 0.498. The molecule has 0 bridgehead atoms. The Hall–Kier alpha value is -4.58. The summed E-state index contributed by atoms with van der Waals surface area (Å²) in [5.74, 6) is 0.996. The highest BCUT2D eigenvalue weighted by Crippen LogP contribution is 2.28. The summed E-state index contributed by atoms with van der Waals surface area (Å²) in [6.07, 6.45) is 0. The van der Waals surface area contributed by atoms with Crippen molar-refractivity contribution in [3.8, 4) is 11.1 Å². The molecule has 6 nitrogen and oxygen atoms in total. The molecule has 0 fully saturated rings. The SMILES string of the molecule is N=C1NCc2cc(Nc3ccc(-c4ccc(Nc5ccc6c(c5)CNC6=N)cc4)cc3)ccc21. The van der Waals surface area contributed by atoms with Crippen molar-refractivity contribution in [2.24, 2.45) is 0 Å². The van der Waals surface area contributed by atoms with Crippen molar-refractivity contribution >= 4 is 34.4 Å². The van der Waals surface area contributed by atoms with Gasteiger partial charge in [-0.1, -0.05) is 24.3 Å². The predicted molar refractivity (Wildman–Crippen MR) is 139 cm³/mol. The molecule has 2 heterocycles. The monoisotopic (exact) mass is 444 g/mol. The van der Waals surface area contributed by atoms with Crippen LogP contribution < -0.4 is 21.3 Å². The van der Waals surface area contributed by atoms with Gasteiger partial charge in [0.15, 0.2) is 0 Å². The molecule has 2 aliphatic heterocycles. The number of rotatable bonds is 5. The zero-order chi connectivity index (χ0) is 23.1. The van der Waals surface area contributed by atoms with Crippen molar-refractivity contribution in [2.75, 3.05) is 10.6 Å². The Labute approximate surface area is 198 Å². The van der Waals surface area contributed by atoms with E-state index in [0.717, 1.165) is 56.1 Å². The normalized spacial score (nSPS) is 13.6. The average molecular weight is 445 g/mol. The van der Waals surface area contributed by atoms with Crippen molar-refractivity contribution in [1.29, 1.82) is 10.8 Å². The summed E-state index contributed by atoms with van der Waals surface area (Å²) in [5, 5.41) is 28.8. The van der Waals surface area contributed by atoms with Crippen LogP contribution in [-0.4, -0.2) is 11.7 Å². The molecular formula is C28H24N6. The minimum absolute atomic E-state index is 0.498. The van der Waals surface area contributed by atoms with Crippen LogP contribution >= 0.6 is 0 Å². The fourth-order valence-corrected chi connectivity index (χ4v) is 4.51. The first-order valence-corrected chi connectivity index (χ1v) is 11.3. The fraction of sp³-hybridized carbons (Fsp3) is 0.0714. The summed E-state index contributed by atoms with van der Waals surface area (Å²) >= 11 is 0. The highest BCUT2D eigenvalue weighted by atomic mass is 15.0. The van der Waals surface area contributed by atoms with E-state index in [9.17, 15) is 0 Å². The van der Waals surface area contributed by atoms with Crippen LogP contribution in [0.2, 0.25) is 0 Å². The standard InChI is InChI=1S/C28H24N6/c29-27-25-11-9-23(13-19(25)15-31-27)33-21-5-1-17(2-6-21)18-3-7-22(8-4-18)34-24-10-12-26-20(14-24)16-32-28(26)30/h1-14,33-34H,15-16H2,(H2,29,31)(H2,30,32). The van der Waals surface area contributed by atoms with Crippen LogP contribution in [0.3, 0.4) is 0 Å². The van der Waals surface area contributed by atoms with Gasteiger partial charge in [-0.05, 0) is 82.9 Å². The Kier molecular flexibility index (Phi) is 4.77. The zero-order valence-corrected chi connectivity index (χ0v) is 18.5. The Morgan fingerprint density at radius 2 is 0.882 bits per heavy atom. The molecule has 6 heteroatoms. The number of anilines is 4. The zero-order valence-electron chi connectivity index (χ0n) is 18.5. The molecule has 0 unspecified atom stereocenters. The lowest BCUT2D eigenvalue weighted by Crippen LogP contribution is -2.12. The molecule has 34 heavy (non-hydrogen) atoms. The van der Waals surface area contributed by atoms with E-state index in [1.807, 2.05) is 24.3 Å². The Morgan fingerprint density at radius 1 is 0.500 bits per heavy atom. The number of nitrogens with one attached hydrogen (secondary N) is 6. The maximum atomic E-state index is 7.89. The van der Waals surface area contributed by atoms with E-state index in [4.69, 9.17) is 10.8 Å². The van der Waals surface area contributed by atoms with Crippen molar-refractivity contribution in [3.05, 3.63) is 107 Å². The second-order valence-corrected chi connectivity index (χ2v) is 8.61. The van der Waals surface area contributed by atoms with E-state index in [0.29, 0.717) is 24.8 Å². The predicted octanol–water partition coefficient (Wildman–Crippen LogP) is 5.70. The largest absolute Gasteiger partial charge is 0.366 e. The molecule has 0 aliphatic carbocycles. The smallest absolute Gasteiger partial charge is 0.126 e. The molecule has 0 radical (unpaired) electrons. The second kappa shape index (κ2) is 8.08. The van der Waals surface area contributed by atoms with Crippen LogP contribution in [0.4, 0.5) is 22.7 Å². The van der Waals surface area contributed by atoms with E-state index in [1.54, 1.807) is 0 Å². The van der Waals surface area contributed by atoms with Crippen molar-refractivity contribution < 1.29 is 0 Å². The molecule has 6 rings (SSSR count). The summed E-state index contributed by atoms with van der Waals surface area (Å²) in [7, 11) is 0. The third kappa shape index (κ3) is 3.75. The summed E-state index contributed by atoms with van der Waals surface area (Å²) in [6.45, 7) is 1.42. The summed E-state index contributed by atoms with van der Waals surface area (Å²) < 4.78 is 0. The molecule has 4 aromatic carbocycles. The molecule has 4 aromatic rings. The van der Waals surface area contributed by atoms with Gasteiger partial charge in [0.1, 0.15) is 11.7 Å². The van der Waals surface area contributed by atoms with E-state index < -0.39 is 0 Å². The van der Waals surface area contributed by atoms with E-state index in [-0.39, 0.29) is 0 Å². The van der Waals surface area contributed by atoms with Gasteiger partial charge in [0.2, 0.25) is 0 Å². The second-order valence-electron chi connectivity index (χ2n) is 8.61. The summed E-state index contributed by atoms with van der Waals surface area (Å²) in [6, 6.07) is 29.1. The Balaban J connectivity index is 1.13. The topological polar surface area (TPSA) is 95.8 Å². The first kappa shape index (κ1) is 20.1. The number of benzene rings is 4. The molecule has 0 spiro atoms. The van der Waals surface area contributed by atoms with Gasteiger partial charge < -0.3 is 21.3 Å². The van der Waals surface area contributed by atoms with Crippen LogP contribution in [0.1, 0.15) is 22.3 Å². The number of hydrogen-bond donors (Lipinski definition) is 6. The van der Waals surface area contributed by atoms with Gasteiger partial charge in [-0.3, -0.25) is 10.8 Å². The molecule has 2 aliphatic rings. The van der Waals surface area contributed by atoms with Gasteiger partial charge in [-0.2, -0.15) is 0 Å². The molecule has 0 atom stereocenters. The van der Waals surface area contributed by atoms with Crippen LogP contribution in [0.5, 0.6) is 0 Å². The van der Waals surface area contributed by atoms with Gasteiger partial charge in [0, 0.05) is 47.0 Å². The minimum Gasteiger partial charge on any atom is -0.366 e. The van der Waals surface area contributed by atoms with Crippen molar-refractivity contribution in [2.45, 2.75) is 13.1 Å². The Morgan fingerprint density at radius 3 is 1.29 bits per heavy atom. The third-order valence-electron chi connectivity index (χ3n) is 6.34. The van der Waals surface area contributed by atoms with Gasteiger partial charge in [0.05, 0.1) is 0 Å². The lowest BCUT2D eigenvalue weighted by Gasteiger charge is -2.11. The number of amidine groups is 2. The lowest BCUT2D eigenvalue weighted by atomic mass is 10.0. The quantitative estimate of drug-likeness (QED) is 0.238. The van der Waals surface area contributed by atoms with Crippen LogP contribution in [0.25, 0.3) is 11.1 Å². The molecular weight excluding hydrogens is 420 g/mol. The Bertz CT molecular complexity index is 1310. The molecule has 0 saturated heterocycles. The molecule has 0 amide bonds. The van der Waals surface area contributed by atoms with E-state index in [1.165, 1.54) is 0 Å². The fourth-order valence-electron chi connectivity index (χ4n) is 4.51. The van der Waals surface area contributed by atoms with Crippen molar-refractivity contribution in [3.63, 3.8) is 0 Å². The average Bonchev–Trinajstić information content (AvgIpc) is 3.42. The molecule has 0 saturated carbocycles. The first-order chi connectivity index (χ1) is 16.6. The molecule has 0 aromatic heterocycles.